The number of nitrogens with two attached hydrogens (primary N) is 1. The molecular formula is C14H20ClN3O. The molecule has 1 heterocycles. The number of rotatable bonds is 2. The Kier molecular flexibility index (Phi) is 4.32. The maximum Gasteiger partial charge on any atom is 0.254 e. The van der Waals surface area contributed by atoms with E-state index >= 15 is 0 Å². The molecule has 0 aliphatic carbocycles. The number of nitrogen functional groups attached to an aromatic ring is 1. The first-order valence-corrected chi connectivity index (χ1v) is 6.95. The number of piperazine rings is 1. The molecule has 1 fully saturated rings. The lowest BCUT2D eigenvalue weighted by Gasteiger charge is -2.37. The zero-order valence-corrected chi connectivity index (χ0v) is 12.2. The Morgan fingerprint density at radius 3 is 2.42 bits per heavy atom. The molecule has 1 aromatic rings. The molecule has 4 nitrogen and oxygen atoms in total. The molecule has 0 aromatic heterocycles. The van der Waals surface area contributed by atoms with Gasteiger partial charge < -0.3 is 10.6 Å². The van der Waals surface area contributed by atoms with E-state index in [1.54, 1.807) is 18.2 Å². The molecule has 2 rings (SSSR count). The molecule has 0 saturated carbocycles. The van der Waals surface area contributed by atoms with Crippen LogP contribution in [-0.2, 0) is 0 Å². The van der Waals surface area contributed by atoms with E-state index in [-0.39, 0.29) is 5.91 Å². The number of benzene rings is 1. The summed E-state index contributed by atoms with van der Waals surface area (Å²) in [4.78, 5) is 16.6. The quantitative estimate of drug-likeness (QED) is 0.845. The van der Waals surface area contributed by atoms with E-state index in [9.17, 15) is 4.79 Å². The Morgan fingerprint density at radius 2 is 1.89 bits per heavy atom. The van der Waals surface area contributed by atoms with Crippen LogP contribution >= 0.6 is 11.6 Å². The van der Waals surface area contributed by atoms with Gasteiger partial charge in [-0.3, -0.25) is 9.69 Å². The fourth-order valence-electron chi connectivity index (χ4n) is 2.30. The van der Waals surface area contributed by atoms with Gasteiger partial charge in [0.2, 0.25) is 0 Å². The number of hydrogen-bond donors (Lipinski definition) is 1. The lowest BCUT2D eigenvalue weighted by molar-refractivity contribution is 0.0595. The molecule has 1 amide bonds. The highest BCUT2D eigenvalue weighted by Crippen LogP contribution is 2.21. The highest BCUT2D eigenvalue weighted by molar-refractivity contribution is 6.33. The average Bonchev–Trinajstić information content (AvgIpc) is 2.41. The molecule has 2 N–H and O–H groups in total. The van der Waals surface area contributed by atoms with Gasteiger partial charge in [0.05, 0.1) is 10.7 Å². The second kappa shape index (κ2) is 5.80. The van der Waals surface area contributed by atoms with Crippen molar-refractivity contribution in [3.05, 3.63) is 28.8 Å². The topological polar surface area (TPSA) is 49.6 Å². The summed E-state index contributed by atoms with van der Waals surface area (Å²) in [7, 11) is 0. The van der Waals surface area contributed by atoms with E-state index in [0.29, 0.717) is 22.3 Å². The fourth-order valence-corrected chi connectivity index (χ4v) is 2.42. The Balaban J connectivity index is 2.03. The summed E-state index contributed by atoms with van der Waals surface area (Å²) in [5.74, 6) is 0.0340. The van der Waals surface area contributed by atoms with Gasteiger partial charge >= 0.3 is 0 Å². The number of carbonyl (C=O) groups excluding carboxylic acids is 1. The lowest BCUT2D eigenvalue weighted by atomic mass is 10.1. The minimum Gasteiger partial charge on any atom is -0.398 e. The summed E-state index contributed by atoms with van der Waals surface area (Å²) in [6.45, 7) is 7.73. The number of nitrogens with zero attached hydrogens (tertiary/aromatic N) is 2. The van der Waals surface area contributed by atoms with Crippen LogP contribution in [0.2, 0.25) is 5.02 Å². The van der Waals surface area contributed by atoms with Gasteiger partial charge in [-0.05, 0) is 32.0 Å². The number of halogens is 1. The van der Waals surface area contributed by atoms with E-state index in [0.717, 1.165) is 26.2 Å². The molecule has 104 valence electrons. The molecule has 0 unspecified atom stereocenters. The van der Waals surface area contributed by atoms with Crippen molar-refractivity contribution in [2.75, 3.05) is 31.9 Å². The van der Waals surface area contributed by atoms with Crippen molar-refractivity contribution in [1.29, 1.82) is 0 Å². The van der Waals surface area contributed by atoms with Crippen molar-refractivity contribution in [3.8, 4) is 0 Å². The Hall–Kier alpha value is -1.26. The second-order valence-corrected chi connectivity index (χ2v) is 5.57. The molecule has 5 heteroatoms. The van der Waals surface area contributed by atoms with Crippen molar-refractivity contribution in [3.63, 3.8) is 0 Å². The molecule has 1 aliphatic heterocycles. The van der Waals surface area contributed by atoms with E-state index in [2.05, 4.69) is 18.7 Å². The predicted molar refractivity (Wildman–Crippen MR) is 78.5 cm³/mol. The Morgan fingerprint density at radius 1 is 1.26 bits per heavy atom. The molecule has 19 heavy (non-hydrogen) atoms. The predicted octanol–water partition coefficient (Wildman–Crippen LogP) is 2.09. The average molecular weight is 282 g/mol. The van der Waals surface area contributed by atoms with Gasteiger partial charge in [0.1, 0.15) is 0 Å². The van der Waals surface area contributed by atoms with Crippen LogP contribution in [0.1, 0.15) is 24.2 Å². The largest absolute Gasteiger partial charge is 0.398 e. The van der Waals surface area contributed by atoms with Gasteiger partial charge in [-0.15, -0.1) is 0 Å². The van der Waals surface area contributed by atoms with Crippen LogP contribution < -0.4 is 5.73 Å². The Labute approximate surface area is 119 Å². The molecule has 1 aliphatic rings. The Bertz CT molecular complexity index is 468. The van der Waals surface area contributed by atoms with Gasteiger partial charge in [-0.1, -0.05) is 11.6 Å². The van der Waals surface area contributed by atoms with Gasteiger partial charge in [-0.25, -0.2) is 0 Å². The van der Waals surface area contributed by atoms with Crippen LogP contribution in [0.3, 0.4) is 0 Å². The number of carbonyl (C=O) groups is 1. The summed E-state index contributed by atoms with van der Waals surface area (Å²) in [5, 5.41) is 0.487. The first-order valence-electron chi connectivity index (χ1n) is 6.57. The minimum atomic E-state index is 0.0340. The van der Waals surface area contributed by atoms with E-state index in [4.69, 9.17) is 17.3 Å². The van der Waals surface area contributed by atoms with Crippen LogP contribution in [0.5, 0.6) is 0 Å². The summed E-state index contributed by atoms with van der Waals surface area (Å²) in [6.07, 6.45) is 0. The number of amides is 1. The summed E-state index contributed by atoms with van der Waals surface area (Å²) in [6, 6.07) is 5.59. The van der Waals surface area contributed by atoms with Crippen LogP contribution in [0.15, 0.2) is 18.2 Å². The smallest absolute Gasteiger partial charge is 0.254 e. The number of anilines is 1. The highest BCUT2D eigenvalue weighted by atomic mass is 35.5. The molecule has 1 saturated heterocycles. The molecule has 0 atom stereocenters. The van der Waals surface area contributed by atoms with Crippen molar-refractivity contribution in [1.82, 2.24) is 9.80 Å². The van der Waals surface area contributed by atoms with E-state index in [1.807, 2.05) is 4.90 Å². The summed E-state index contributed by atoms with van der Waals surface area (Å²) < 4.78 is 0. The third-order valence-electron chi connectivity index (χ3n) is 3.57. The lowest BCUT2D eigenvalue weighted by Crippen LogP contribution is -2.50. The summed E-state index contributed by atoms with van der Waals surface area (Å²) >= 11 is 5.87. The summed E-state index contributed by atoms with van der Waals surface area (Å²) in [5.41, 5.74) is 6.80. The van der Waals surface area contributed by atoms with Crippen LogP contribution in [0.25, 0.3) is 0 Å². The van der Waals surface area contributed by atoms with Gasteiger partial charge in [0.25, 0.3) is 5.91 Å². The highest BCUT2D eigenvalue weighted by Gasteiger charge is 2.23. The molecular weight excluding hydrogens is 262 g/mol. The van der Waals surface area contributed by atoms with Crippen molar-refractivity contribution in [2.45, 2.75) is 19.9 Å². The SMILES string of the molecule is CC(C)N1CCN(C(=O)c2ccc(Cl)c(N)c2)CC1. The first kappa shape index (κ1) is 14.2. The van der Waals surface area contributed by atoms with Crippen molar-refractivity contribution < 1.29 is 4.79 Å². The van der Waals surface area contributed by atoms with Crippen molar-refractivity contribution in [2.24, 2.45) is 0 Å². The normalized spacial score (nSPS) is 16.9. The molecule has 0 spiro atoms. The standard InChI is InChI=1S/C14H20ClN3O/c1-10(2)17-5-7-18(8-6-17)14(19)11-3-4-12(15)13(16)9-11/h3-4,9-10H,5-8,16H2,1-2H3. The third kappa shape index (κ3) is 3.19. The van der Waals surface area contributed by atoms with Gasteiger partial charge in [-0.2, -0.15) is 0 Å². The maximum atomic E-state index is 12.3. The molecule has 1 aromatic carbocycles. The van der Waals surface area contributed by atoms with Crippen LogP contribution in [-0.4, -0.2) is 47.9 Å². The fraction of sp³-hybridized carbons (Fsp3) is 0.500. The van der Waals surface area contributed by atoms with Gasteiger partial charge in [0.15, 0.2) is 0 Å². The zero-order chi connectivity index (χ0) is 14.0. The van der Waals surface area contributed by atoms with E-state index in [1.165, 1.54) is 0 Å². The second-order valence-electron chi connectivity index (χ2n) is 5.16. The van der Waals surface area contributed by atoms with E-state index < -0.39 is 0 Å². The van der Waals surface area contributed by atoms with Crippen LogP contribution in [0, 0.1) is 0 Å². The monoisotopic (exact) mass is 281 g/mol. The number of hydrogen-bond acceptors (Lipinski definition) is 3. The van der Waals surface area contributed by atoms with Gasteiger partial charge in [0, 0.05) is 37.8 Å². The minimum absolute atomic E-state index is 0.0340. The zero-order valence-electron chi connectivity index (χ0n) is 11.4. The third-order valence-corrected chi connectivity index (χ3v) is 3.92. The van der Waals surface area contributed by atoms with Crippen molar-refractivity contribution >= 4 is 23.2 Å². The molecule has 0 radical (unpaired) electrons. The first-order chi connectivity index (χ1) is 8.99. The van der Waals surface area contributed by atoms with Crippen LogP contribution in [0.4, 0.5) is 5.69 Å². The molecule has 0 bridgehead atoms. The maximum absolute atomic E-state index is 12.3.